The lowest BCUT2D eigenvalue weighted by Gasteiger charge is -2.12. The number of rotatable bonds is 7. The van der Waals surface area contributed by atoms with Gasteiger partial charge in [-0.15, -0.1) is 0 Å². The molecule has 1 unspecified atom stereocenters. The Morgan fingerprint density at radius 1 is 1.52 bits per heavy atom. The Balaban J connectivity index is 1.97. The second-order valence-corrected chi connectivity index (χ2v) is 6.41. The van der Waals surface area contributed by atoms with Gasteiger partial charge in [0, 0.05) is 18.7 Å². The molecule has 8 heteroatoms. The summed E-state index contributed by atoms with van der Waals surface area (Å²) in [5, 5.41) is 8.78. The fourth-order valence-electron chi connectivity index (χ4n) is 1.86. The van der Waals surface area contributed by atoms with Gasteiger partial charge in [-0.25, -0.2) is 17.9 Å². The van der Waals surface area contributed by atoms with E-state index in [0.29, 0.717) is 12.8 Å². The Bertz CT molecular complexity index is 703. The SMILES string of the molecule is CC(CCc1ccco1)NS(=O)(=O)c1c[nH]c(C(=O)O)c1. The van der Waals surface area contributed by atoms with E-state index in [1.165, 1.54) is 0 Å². The summed E-state index contributed by atoms with van der Waals surface area (Å²) in [5.74, 6) is -0.418. The molecule has 0 saturated heterocycles. The first-order valence-corrected chi connectivity index (χ1v) is 7.83. The van der Waals surface area contributed by atoms with Gasteiger partial charge in [0.1, 0.15) is 16.3 Å². The molecule has 7 nitrogen and oxygen atoms in total. The van der Waals surface area contributed by atoms with E-state index in [4.69, 9.17) is 9.52 Å². The van der Waals surface area contributed by atoms with Crippen molar-refractivity contribution in [2.24, 2.45) is 0 Å². The Morgan fingerprint density at radius 3 is 2.86 bits per heavy atom. The fraction of sp³-hybridized carbons (Fsp3) is 0.308. The Kier molecular flexibility index (Phi) is 4.49. The largest absolute Gasteiger partial charge is 0.477 e. The van der Waals surface area contributed by atoms with E-state index in [1.54, 1.807) is 19.3 Å². The number of sulfonamides is 1. The van der Waals surface area contributed by atoms with Gasteiger partial charge in [0.2, 0.25) is 10.0 Å². The predicted molar refractivity (Wildman–Crippen MR) is 74.6 cm³/mol. The smallest absolute Gasteiger partial charge is 0.352 e. The molecule has 0 bridgehead atoms. The number of aryl methyl sites for hydroxylation is 1. The number of carboxylic acids is 1. The lowest BCUT2D eigenvalue weighted by Crippen LogP contribution is -2.32. The number of carboxylic acid groups (broad SMARTS) is 1. The van der Waals surface area contributed by atoms with Crippen LogP contribution in [0.4, 0.5) is 0 Å². The molecule has 0 saturated carbocycles. The average Bonchev–Trinajstić information content (AvgIpc) is 3.07. The molecule has 21 heavy (non-hydrogen) atoms. The second-order valence-electron chi connectivity index (χ2n) is 4.69. The molecule has 2 aromatic heterocycles. The van der Waals surface area contributed by atoms with Crippen LogP contribution in [0.1, 0.15) is 29.6 Å². The van der Waals surface area contributed by atoms with Gasteiger partial charge in [-0.2, -0.15) is 0 Å². The van der Waals surface area contributed by atoms with Crippen LogP contribution in [-0.2, 0) is 16.4 Å². The summed E-state index contributed by atoms with van der Waals surface area (Å²) in [6.07, 6.45) is 3.91. The number of aromatic nitrogens is 1. The third-order valence-electron chi connectivity index (χ3n) is 2.96. The molecule has 2 heterocycles. The summed E-state index contributed by atoms with van der Waals surface area (Å²) >= 11 is 0. The van der Waals surface area contributed by atoms with Gasteiger partial charge < -0.3 is 14.5 Å². The number of furan rings is 1. The molecule has 0 amide bonds. The normalized spacial score (nSPS) is 13.2. The highest BCUT2D eigenvalue weighted by molar-refractivity contribution is 7.89. The molecule has 2 rings (SSSR count). The molecule has 114 valence electrons. The molecule has 0 aliphatic rings. The highest BCUT2D eigenvalue weighted by Gasteiger charge is 2.20. The third kappa shape index (κ3) is 3.96. The number of H-pyrrole nitrogens is 1. The van der Waals surface area contributed by atoms with Gasteiger partial charge in [-0.05, 0) is 31.5 Å². The number of aromatic carboxylic acids is 1. The van der Waals surface area contributed by atoms with Crippen molar-refractivity contribution < 1.29 is 22.7 Å². The van der Waals surface area contributed by atoms with Crippen LogP contribution in [0.3, 0.4) is 0 Å². The van der Waals surface area contributed by atoms with E-state index in [1.807, 2.05) is 6.07 Å². The van der Waals surface area contributed by atoms with Crippen LogP contribution in [-0.4, -0.2) is 30.5 Å². The van der Waals surface area contributed by atoms with Crippen molar-refractivity contribution >= 4 is 16.0 Å². The van der Waals surface area contributed by atoms with Crippen molar-refractivity contribution in [3.05, 3.63) is 42.1 Å². The van der Waals surface area contributed by atoms with Crippen LogP contribution in [0.25, 0.3) is 0 Å². The molecule has 0 radical (unpaired) electrons. The lowest BCUT2D eigenvalue weighted by atomic mass is 10.2. The van der Waals surface area contributed by atoms with Crippen LogP contribution >= 0.6 is 0 Å². The molecule has 0 aliphatic carbocycles. The van der Waals surface area contributed by atoms with Gasteiger partial charge >= 0.3 is 5.97 Å². The maximum atomic E-state index is 12.1. The topological polar surface area (TPSA) is 112 Å². The van der Waals surface area contributed by atoms with Gasteiger partial charge in [-0.3, -0.25) is 0 Å². The van der Waals surface area contributed by atoms with E-state index in [2.05, 4.69) is 9.71 Å². The van der Waals surface area contributed by atoms with Gasteiger partial charge in [0.05, 0.1) is 6.26 Å². The molecule has 0 aliphatic heterocycles. The summed E-state index contributed by atoms with van der Waals surface area (Å²) in [5.41, 5.74) is -0.168. The third-order valence-corrected chi connectivity index (χ3v) is 4.53. The lowest BCUT2D eigenvalue weighted by molar-refractivity contribution is 0.0691. The first-order chi connectivity index (χ1) is 9.88. The van der Waals surface area contributed by atoms with E-state index in [0.717, 1.165) is 18.0 Å². The molecule has 2 aromatic rings. The van der Waals surface area contributed by atoms with E-state index >= 15 is 0 Å². The average molecular weight is 312 g/mol. The Labute approximate surface area is 122 Å². The predicted octanol–water partition coefficient (Wildman–Crippen LogP) is 1.61. The van der Waals surface area contributed by atoms with Crippen molar-refractivity contribution in [3.8, 4) is 0 Å². The zero-order valence-corrected chi connectivity index (χ0v) is 12.2. The number of carbonyl (C=O) groups is 1. The zero-order valence-electron chi connectivity index (χ0n) is 11.4. The zero-order chi connectivity index (χ0) is 15.5. The molecule has 3 N–H and O–H groups in total. The van der Waals surface area contributed by atoms with E-state index in [9.17, 15) is 13.2 Å². The standard InChI is InChI=1S/C13H16N2O5S/c1-9(4-5-10-3-2-6-20-10)15-21(18,19)11-7-12(13(16)17)14-8-11/h2-3,6-9,14-15H,4-5H2,1H3,(H,16,17). The van der Waals surface area contributed by atoms with Gasteiger partial charge in [0.25, 0.3) is 0 Å². The number of nitrogens with one attached hydrogen (secondary N) is 2. The van der Waals surface area contributed by atoms with Crippen LogP contribution in [0.15, 0.2) is 40.0 Å². The van der Waals surface area contributed by atoms with Crippen LogP contribution < -0.4 is 4.72 Å². The summed E-state index contributed by atoms with van der Waals surface area (Å²) in [6, 6.07) is 4.39. The maximum Gasteiger partial charge on any atom is 0.352 e. The maximum absolute atomic E-state index is 12.1. The first kappa shape index (κ1) is 15.3. The number of hydrogen-bond donors (Lipinski definition) is 3. The van der Waals surface area contributed by atoms with E-state index < -0.39 is 16.0 Å². The quantitative estimate of drug-likeness (QED) is 0.719. The van der Waals surface area contributed by atoms with Crippen LogP contribution in [0, 0.1) is 0 Å². The number of aromatic amines is 1. The minimum Gasteiger partial charge on any atom is -0.477 e. The van der Waals surface area contributed by atoms with Crippen LogP contribution in [0.5, 0.6) is 0 Å². The molecule has 0 aromatic carbocycles. The molecular weight excluding hydrogens is 296 g/mol. The molecule has 1 atom stereocenters. The second kappa shape index (κ2) is 6.15. The first-order valence-electron chi connectivity index (χ1n) is 6.35. The highest BCUT2D eigenvalue weighted by atomic mass is 32.2. The van der Waals surface area contributed by atoms with Crippen LogP contribution in [0.2, 0.25) is 0 Å². The Hall–Kier alpha value is -2.06. The molecule has 0 fully saturated rings. The summed E-state index contributed by atoms with van der Waals surface area (Å²) in [6.45, 7) is 1.74. The van der Waals surface area contributed by atoms with Crippen molar-refractivity contribution in [3.63, 3.8) is 0 Å². The summed E-state index contributed by atoms with van der Waals surface area (Å²) < 4.78 is 31.9. The minimum atomic E-state index is -3.74. The molecule has 0 spiro atoms. The fourth-order valence-corrected chi connectivity index (χ4v) is 3.13. The Morgan fingerprint density at radius 2 is 2.29 bits per heavy atom. The summed E-state index contributed by atoms with van der Waals surface area (Å²) in [7, 11) is -3.74. The van der Waals surface area contributed by atoms with Crippen molar-refractivity contribution in [1.82, 2.24) is 9.71 Å². The van der Waals surface area contributed by atoms with Crippen molar-refractivity contribution in [2.45, 2.75) is 30.7 Å². The number of hydrogen-bond acceptors (Lipinski definition) is 4. The van der Waals surface area contributed by atoms with E-state index in [-0.39, 0.29) is 16.6 Å². The monoisotopic (exact) mass is 312 g/mol. The minimum absolute atomic E-state index is 0.0928. The highest BCUT2D eigenvalue weighted by Crippen LogP contribution is 2.13. The van der Waals surface area contributed by atoms with Crippen molar-refractivity contribution in [1.29, 1.82) is 0 Å². The van der Waals surface area contributed by atoms with Crippen molar-refractivity contribution in [2.75, 3.05) is 0 Å². The van der Waals surface area contributed by atoms with Gasteiger partial charge in [0.15, 0.2) is 0 Å². The summed E-state index contributed by atoms with van der Waals surface area (Å²) in [4.78, 5) is 13.1. The molecular formula is C13H16N2O5S. The van der Waals surface area contributed by atoms with Gasteiger partial charge in [-0.1, -0.05) is 0 Å².